The fraction of sp³-hybridized carbons (Fsp3) is 0.381. The topological polar surface area (TPSA) is 72.9 Å². The molecule has 0 aliphatic carbocycles. The second-order valence-electron chi connectivity index (χ2n) is 6.76. The van der Waals surface area contributed by atoms with Crippen LogP contribution >= 0.6 is 0 Å². The first-order chi connectivity index (χ1) is 13.7. The van der Waals surface area contributed by atoms with Crippen LogP contribution in [0.1, 0.15) is 15.9 Å². The summed E-state index contributed by atoms with van der Waals surface area (Å²) in [6.07, 6.45) is 1.83. The van der Waals surface area contributed by atoms with Crippen LogP contribution in [0.5, 0.6) is 0 Å². The Labute approximate surface area is 166 Å². The predicted molar refractivity (Wildman–Crippen MR) is 113 cm³/mol. The van der Waals surface area contributed by atoms with Gasteiger partial charge in [0.25, 0.3) is 5.91 Å². The number of carbonyl (C=O) groups excluding carboxylic acids is 1. The molecule has 0 spiro atoms. The molecule has 1 aliphatic rings. The second kappa shape index (κ2) is 9.73. The maximum absolute atomic E-state index is 12.2. The van der Waals surface area contributed by atoms with Crippen molar-refractivity contribution in [2.45, 2.75) is 6.92 Å². The Morgan fingerprint density at radius 3 is 2.54 bits per heavy atom. The fourth-order valence-electron chi connectivity index (χ4n) is 3.26. The van der Waals surface area contributed by atoms with Crippen molar-refractivity contribution in [1.29, 1.82) is 0 Å². The van der Waals surface area contributed by atoms with Crippen molar-refractivity contribution in [3.05, 3.63) is 59.8 Å². The molecule has 0 atom stereocenters. The third-order valence-corrected chi connectivity index (χ3v) is 4.74. The third kappa shape index (κ3) is 5.22. The lowest BCUT2D eigenvalue weighted by Crippen LogP contribution is -2.53. The molecule has 2 heterocycles. The summed E-state index contributed by atoms with van der Waals surface area (Å²) in [6, 6.07) is 13.6. The van der Waals surface area contributed by atoms with E-state index in [2.05, 4.69) is 30.4 Å². The number of aliphatic imine (C=N–C) groups is 1. The summed E-state index contributed by atoms with van der Waals surface area (Å²) in [7, 11) is 1.79. The summed E-state index contributed by atoms with van der Waals surface area (Å²) in [5.41, 5.74) is 1.77. The maximum Gasteiger partial charge on any atom is 0.251 e. The molecule has 0 bridgehead atoms. The van der Waals surface area contributed by atoms with Gasteiger partial charge in [-0.1, -0.05) is 23.8 Å². The number of amides is 1. The van der Waals surface area contributed by atoms with Crippen molar-refractivity contribution in [2.24, 2.45) is 4.99 Å². The highest BCUT2D eigenvalue weighted by atomic mass is 16.1. The van der Waals surface area contributed by atoms with Gasteiger partial charge in [-0.2, -0.15) is 0 Å². The zero-order chi connectivity index (χ0) is 19.8. The lowest BCUT2D eigenvalue weighted by molar-refractivity contribution is 0.0954. The summed E-state index contributed by atoms with van der Waals surface area (Å²) in [4.78, 5) is 25.5. The van der Waals surface area contributed by atoms with Crippen LogP contribution in [0, 0.1) is 6.92 Å². The van der Waals surface area contributed by atoms with Gasteiger partial charge in [-0.3, -0.25) is 9.79 Å². The van der Waals surface area contributed by atoms with E-state index in [9.17, 15) is 4.79 Å². The van der Waals surface area contributed by atoms with Crippen LogP contribution in [0.3, 0.4) is 0 Å². The number of carbonyl (C=O) groups is 1. The molecule has 1 aromatic carbocycles. The molecule has 28 heavy (non-hydrogen) atoms. The Hall–Kier alpha value is -3.09. The summed E-state index contributed by atoms with van der Waals surface area (Å²) in [6.45, 7) is 6.72. The maximum atomic E-state index is 12.2. The Morgan fingerprint density at radius 2 is 1.86 bits per heavy atom. The van der Waals surface area contributed by atoms with Gasteiger partial charge in [0.05, 0.1) is 0 Å². The minimum atomic E-state index is -0.0514. The van der Waals surface area contributed by atoms with Gasteiger partial charge in [0, 0.05) is 58.1 Å². The zero-order valence-electron chi connectivity index (χ0n) is 16.6. The molecule has 7 heteroatoms. The smallest absolute Gasteiger partial charge is 0.251 e. The van der Waals surface area contributed by atoms with Gasteiger partial charge in [-0.15, -0.1) is 0 Å². The quantitative estimate of drug-likeness (QED) is 0.467. The summed E-state index contributed by atoms with van der Waals surface area (Å²) in [5, 5.41) is 6.28. The molecule has 1 amide bonds. The molecular formula is C21H28N6O. The molecule has 0 radical (unpaired) electrons. The Bertz CT molecular complexity index is 800. The molecule has 2 aromatic rings. The van der Waals surface area contributed by atoms with E-state index in [1.807, 2.05) is 55.6 Å². The van der Waals surface area contributed by atoms with E-state index in [4.69, 9.17) is 0 Å². The molecule has 1 fully saturated rings. The molecule has 3 rings (SSSR count). The van der Waals surface area contributed by atoms with Crippen molar-refractivity contribution in [2.75, 3.05) is 51.2 Å². The van der Waals surface area contributed by atoms with E-state index in [0.29, 0.717) is 18.7 Å². The minimum absolute atomic E-state index is 0.0514. The molecule has 0 saturated carbocycles. The van der Waals surface area contributed by atoms with Crippen molar-refractivity contribution in [1.82, 2.24) is 20.5 Å². The average molecular weight is 380 g/mol. The number of nitrogens with zero attached hydrogens (tertiary/aromatic N) is 4. The van der Waals surface area contributed by atoms with E-state index in [1.54, 1.807) is 7.05 Å². The number of aromatic nitrogens is 1. The van der Waals surface area contributed by atoms with Crippen LogP contribution in [0.4, 0.5) is 5.82 Å². The number of benzene rings is 1. The fourth-order valence-corrected chi connectivity index (χ4v) is 3.26. The van der Waals surface area contributed by atoms with Crippen LogP contribution < -0.4 is 15.5 Å². The van der Waals surface area contributed by atoms with Crippen molar-refractivity contribution >= 4 is 17.7 Å². The number of hydrogen-bond acceptors (Lipinski definition) is 4. The SMILES string of the molecule is CN=C(NCCNC(=O)c1cccc(C)c1)N1CCN(c2ccccn2)CC1. The Balaban J connectivity index is 1.41. The van der Waals surface area contributed by atoms with E-state index < -0.39 is 0 Å². The molecule has 1 saturated heterocycles. The van der Waals surface area contributed by atoms with Gasteiger partial charge in [0.2, 0.25) is 0 Å². The van der Waals surface area contributed by atoms with Gasteiger partial charge in [0.15, 0.2) is 5.96 Å². The normalized spacial score (nSPS) is 14.7. The van der Waals surface area contributed by atoms with Crippen LogP contribution in [-0.4, -0.2) is 68.1 Å². The first-order valence-electron chi connectivity index (χ1n) is 9.64. The number of nitrogens with one attached hydrogen (secondary N) is 2. The molecule has 2 N–H and O–H groups in total. The first-order valence-corrected chi connectivity index (χ1v) is 9.64. The standard InChI is InChI=1S/C21H28N6O/c1-17-6-5-7-18(16-17)20(28)24-10-11-25-21(22-2)27-14-12-26(13-15-27)19-8-3-4-9-23-19/h3-9,16H,10-15H2,1-2H3,(H,22,25)(H,24,28). The summed E-state index contributed by atoms with van der Waals surface area (Å²) >= 11 is 0. The summed E-state index contributed by atoms with van der Waals surface area (Å²) in [5.74, 6) is 1.83. The molecule has 148 valence electrons. The summed E-state index contributed by atoms with van der Waals surface area (Å²) < 4.78 is 0. The number of piperazine rings is 1. The lowest BCUT2D eigenvalue weighted by atomic mass is 10.1. The van der Waals surface area contributed by atoms with Gasteiger partial charge < -0.3 is 20.4 Å². The van der Waals surface area contributed by atoms with Gasteiger partial charge in [-0.25, -0.2) is 4.98 Å². The van der Waals surface area contributed by atoms with Crippen LogP contribution in [0.25, 0.3) is 0 Å². The van der Waals surface area contributed by atoms with Gasteiger partial charge in [-0.05, 0) is 31.2 Å². The van der Waals surface area contributed by atoms with Gasteiger partial charge in [0.1, 0.15) is 5.82 Å². The van der Waals surface area contributed by atoms with Crippen LogP contribution in [0.15, 0.2) is 53.7 Å². The third-order valence-electron chi connectivity index (χ3n) is 4.74. The zero-order valence-corrected chi connectivity index (χ0v) is 16.6. The number of aryl methyl sites for hydroxylation is 1. The van der Waals surface area contributed by atoms with Crippen LogP contribution in [-0.2, 0) is 0 Å². The van der Waals surface area contributed by atoms with E-state index >= 15 is 0 Å². The molecule has 1 aliphatic heterocycles. The van der Waals surface area contributed by atoms with E-state index in [-0.39, 0.29) is 5.91 Å². The van der Waals surface area contributed by atoms with E-state index in [0.717, 1.165) is 43.5 Å². The van der Waals surface area contributed by atoms with Crippen molar-refractivity contribution < 1.29 is 4.79 Å². The second-order valence-corrected chi connectivity index (χ2v) is 6.76. The molecular weight excluding hydrogens is 352 g/mol. The lowest BCUT2D eigenvalue weighted by Gasteiger charge is -2.37. The highest BCUT2D eigenvalue weighted by Crippen LogP contribution is 2.12. The highest BCUT2D eigenvalue weighted by Gasteiger charge is 2.20. The largest absolute Gasteiger partial charge is 0.354 e. The van der Waals surface area contributed by atoms with Crippen LogP contribution in [0.2, 0.25) is 0 Å². The minimum Gasteiger partial charge on any atom is -0.354 e. The number of hydrogen-bond donors (Lipinski definition) is 2. The predicted octanol–water partition coefficient (Wildman–Crippen LogP) is 1.52. The Kier molecular flexibility index (Phi) is 6.84. The molecule has 1 aromatic heterocycles. The number of anilines is 1. The van der Waals surface area contributed by atoms with Crippen molar-refractivity contribution in [3.8, 4) is 0 Å². The molecule has 0 unspecified atom stereocenters. The Morgan fingerprint density at radius 1 is 1.07 bits per heavy atom. The van der Waals surface area contributed by atoms with Gasteiger partial charge >= 0.3 is 0 Å². The first kappa shape index (κ1) is 19.7. The average Bonchev–Trinajstić information content (AvgIpc) is 2.74. The monoisotopic (exact) mass is 380 g/mol. The van der Waals surface area contributed by atoms with E-state index in [1.165, 1.54) is 0 Å². The number of rotatable bonds is 5. The number of guanidine groups is 1. The highest BCUT2D eigenvalue weighted by molar-refractivity contribution is 5.94. The number of pyridine rings is 1. The molecule has 7 nitrogen and oxygen atoms in total. The van der Waals surface area contributed by atoms with Crippen molar-refractivity contribution in [3.63, 3.8) is 0 Å².